The van der Waals surface area contributed by atoms with E-state index in [9.17, 15) is 0 Å². The zero-order valence-corrected chi connectivity index (χ0v) is 15.3. The molecule has 0 spiro atoms. The van der Waals surface area contributed by atoms with Gasteiger partial charge in [0.1, 0.15) is 0 Å². The molecule has 0 bridgehead atoms. The predicted molar refractivity (Wildman–Crippen MR) is 94.3 cm³/mol. The molecule has 0 aliphatic heterocycles. The second kappa shape index (κ2) is 12.7. The second-order valence-electron chi connectivity index (χ2n) is 8.04. The van der Waals surface area contributed by atoms with Crippen molar-refractivity contribution in [3.05, 3.63) is 0 Å². The van der Waals surface area contributed by atoms with Crippen molar-refractivity contribution in [2.75, 3.05) is 0 Å². The monoisotopic (exact) mass is 282 g/mol. The third kappa shape index (κ3) is 14.4. The summed E-state index contributed by atoms with van der Waals surface area (Å²) in [6.45, 7) is 11.8. The Morgan fingerprint density at radius 3 is 1.35 bits per heavy atom. The van der Waals surface area contributed by atoms with Crippen LogP contribution in [-0.4, -0.2) is 0 Å². The minimum absolute atomic E-state index is 0.511. The maximum absolute atomic E-state index is 2.41. The van der Waals surface area contributed by atoms with Crippen LogP contribution in [0.15, 0.2) is 0 Å². The Bertz CT molecular complexity index is 173. The molecule has 0 amide bonds. The summed E-state index contributed by atoms with van der Waals surface area (Å²) >= 11 is 0. The molecule has 0 saturated carbocycles. The van der Waals surface area contributed by atoms with Crippen LogP contribution in [0.4, 0.5) is 0 Å². The van der Waals surface area contributed by atoms with Crippen LogP contribution in [0, 0.1) is 11.3 Å². The molecule has 0 fully saturated rings. The van der Waals surface area contributed by atoms with Crippen molar-refractivity contribution in [3.63, 3.8) is 0 Å². The highest BCUT2D eigenvalue weighted by Crippen LogP contribution is 2.31. The molecule has 0 aromatic carbocycles. The van der Waals surface area contributed by atoms with Crippen molar-refractivity contribution in [2.45, 2.75) is 118 Å². The predicted octanol–water partition coefficient (Wildman–Crippen LogP) is 7.76. The first-order valence-corrected chi connectivity index (χ1v) is 9.49. The number of unbranched alkanes of at least 4 members (excludes halogenated alkanes) is 8. The fourth-order valence-corrected chi connectivity index (χ4v) is 3.29. The third-order valence-corrected chi connectivity index (χ3v) is 4.33. The Balaban J connectivity index is 3.83. The van der Waals surface area contributed by atoms with Gasteiger partial charge in [0.05, 0.1) is 0 Å². The van der Waals surface area contributed by atoms with Gasteiger partial charge in [-0.1, -0.05) is 112 Å². The molecular formula is C20H42. The fraction of sp³-hybridized carbons (Fsp3) is 1.00. The minimum atomic E-state index is 0.511. The van der Waals surface area contributed by atoms with Gasteiger partial charge in [0.2, 0.25) is 0 Å². The normalized spacial score (nSPS) is 12.3. The van der Waals surface area contributed by atoms with Gasteiger partial charge in [0.15, 0.2) is 0 Å². The van der Waals surface area contributed by atoms with E-state index in [4.69, 9.17) is 0 Å². The van der Waals surface area contributed by atoms with E-state index in [0.29, 0.717) is 5.41 Å². The Morgan fingerprint density at radius 2 is 1.00 bits per heavy atom. The Labute approximate surface area is 130 Å². The highest BCUT2D eigenvalue weighted by atomic mass is 14.2. The summed E-state index contributed by atoms with van der Waals surface area (Å²) in [6, 6.07) is 0. The average Bonchev–Trinajstić information content (AvgIpc) is 2.36. The SMILES string of the molecule is CCCCCCCC(CCCCCCC)CC(C)(C)C. The van der Waals surface area contributed by atoms with Gasteiger partial charge in [-0.2, -0.15) is 0 Å². The Kier molecular flexibility index (Phi) is 12.7. The molecule has 122 valence electrons. The lowest BCUT2D eigenvalue weighted by Gasteiger charge is -2.26. The van der Waals surface area contributed by atoms with Gasteiger partial charge in [-0.15, -0.1) is 0 Å². The van der Waals surface area contributed by atoms with Crippen LogP contribution in [0.2, 0.25) is 0 Å². The lowest BCUT2D eigenvalue weighted by atomic mass is 9.80. The number of rotatable bonds is 13. The first-order valence-electron chi connectivity index (χ1n) is 9.49. The molecule has 0 aliphatic carbocycles. The van der Waals surface area contributed by atoms with Gasteiger partial charge < -0.3 is 0 Å². The Morgan fingerprint density at radius 1 is 0.600 bits per heavy atom. The first kappa shape index (κ1) is 20.0. The molecule has 0 heterocycles. The fourth-order valence-electron chi connectivity index (χ4n) is 3.29. The van der Waals surface area contributed by atoms with E-state index in [1.54, 1.807) is 0 Å². The Hall–Kier alpha value is 0. The van der Waals surface area contributed by atoms with Crippen LogP contribution >= 0.6 is 0 Å². The van der Waals surface area contributed by atoms with Crippen molar-refractivity contribution in [2.24, 2.45) is 11.3 Å². The molecule has 0 unspecified atom stereocenters. The van der Waals surface area contributed by atoms with Gasteiger partial charge in [0, 0.05) is 0 Å². The van der Waals surface area contributed by atoms with Gasteiger partial charge in [-0.05, 0) is 17.8 Å². The summed E-state index contributed by atoms with van der Waals surface area (Å²) in [5.74, 6) is 0.984. The smallest absolute Gasteiger partial charge is 0.0380 e. The van der Waals surface area contributed by atoms with Crippen LogP contribution < -0.4 is 0 Å². The molecule has 0 atom stereocenters. The zero-order chi connectivity index (χ0) is 15.3. The molecule has 0 radical (unpaired) electrons. The van der Waals surface area contributed by atoms with E-state index in [0.717, 1.165) is 5.92 Å². The van der Waals surface area contributed by atoms with Crippen LogP contribution in [0.1, 0.15) is 118 Å². The minimum Gasteiger partial charge on any atom is -0.0654 e. The molecule has 20 heavy (non-hydrogen) atoms. The first-order chi connectivity index (χ1) is 9.49. The lowest BCUT2D eigenvalue weighted by Crippen LogP contribution is -2.13. The molecule has 0 aromatic rings. The van der Waals surface area contributed by atoms with Crippen molar-refractivity contribution < 1.29 is 0 Å². The van der Waals surface area contributed by atoms with E-state index in [1.807, 2.05) is 0 Å². The lowest BCUT2D eigenvalue weighted by molar-refractivity contribution is 0.260. The van der Waals surface area contributed by atoms with E-state index in [-0.39, 0.29) is 0 Å². The molecule has 0 heteroatoms. The van der Waals surface area contributed by atoms with E-state index in [1.165, 1.54) is 83.5 Å². The van der Waals surface area contributed by atoms with Gasteiger partial charge in [-0.3, -0.25) is 0 Å². The summed E-state index contributed by atoms with van der Waals surface area (Å²) in [4.78, 5) is 0. The molecule has 0 nitrogen and oxygen atoms in total. The molecule has 0 saturated heterocycles. The molecule has 0 N–H and O–H groups in total. The highest BCUT2D eigenvalue weighted by Gasteiger charge is 2.18. The summed E-state index contributed by atoms with van der Waals surface area (Å²) in [6.07, 6.45) is 18.7. The summed E-state index contributed by atoms with van der Waals surface area (Å²) in [5.41, 5.74) is 0.511. The van der Waals surface area contributed by atoms with Gasteiger partial charge in [-0.25, -0.2) is 0 Å². The van der Waals surface area contributed by atoms with E-state index < -0.39 is 0 Å². The molecule has 0 aromatic heterocycles. The van der Waals surface area contributed by atoms with E-state index >= 15 is 0 Å². The molecular weight excluding hydrogens is 240 g/mol. The third-order valence-electron chi connectivity index (χ3n) is 4.33. The summed E-state index contributed by atoms with van der Waals surface area (Å²) in [7, 11) is 0. The number of hydrogen-bond acceptors (Lipinski definition) is 0. The van der Waals surface area contributed by atoms with Crippen molar-refractivity contribution in [3.8, 4) is 0 Å². The van der Waals surface area contributed by atoms with Gasteiger partial charge in [0.25, 0.3) is 0 Å². The summed E-state index contributed by atoms with van der Waals surface area (Å²) < 4.78 is 0. The average molecular weight is 283 g/mol. The number of hydrogen-bond donors (Lipinski definition) is 0. The van der Waals surface area contributed by atoms with Crippen LogP contribution in [-0.2, 0) is 0 Å². The molecule has 0 aliphatic rings. The van der Waals surface area contributed by atoms with Gasteiger partial charge >= 0.3 is 0 Å². The molecule has 0 rings (SSSR count). The van der Waals surface area contributed by atoms with E-state index in [2.05, 4.69) is 34.6 Å². The quantitative estimate of drug-likeness (QED) is 0.303. The van der Waals surface area contributed by atoms with Crippen molar-refractivity contribution in [1.82, 2.24) is 0 Å². The van der Waals surface area contributed by atoms with Crippen LogP contribution in [0.25, 0.3) is 0 Å². The summed E-state index contributed by atoms with van der Waals surface area (Å²) in [5, 5.41) is 0. The maximum Gasteiger partial charge on any atom is -0.0380 e. The zero-order valence-electron chi connectivity index (χ0n) is 15.3. The van der Waals surface area contributed by atoms with Crippen LogP contribution in [0.3, 0.4) is 0 Å². The standard InChI is InChI=1S/C20H42/c1-6-8-10-12-14-16-19(18-20(3,4)5)17-15-13-11-9-7-2/h19H,6-18H2,1-5H3. The highest BCUT2D eigenvalue weighted by molar-refractivity contribution is 4.70. The van der Waals surface area contributed by atoms with Crippen molar-refractivity contribution in [1.29, 1.82) is 0 Å². The topological polar surface area (TPSA) is 0 Å². The largest absolute Gasteiger partial charge is 0.0654 e. The maximum atomic E-state index is 2.41. The van der Waals surface area contributed by atoms with Crippen LogP contribution in [0.5, 0.6) is 0 Å². The second-order valence-corrected chi connectivity index (χ2v) is 8.04. The van der Waals surface area contributed by atoms with Crippen molar-refractivity contribution >= 4 is 0 Å².